The number of hydrogen-bond acceptors (Lipinski definition) is 6. The summed E-state index contributed by atoms with van der Waals surface area (Å²) in [7, 11) is 0. The van der Waals surface area contributed by atoms with E-state index in [1.54, 1.807) is 16.8 Å². The van der Waals surface area contributed by atoms with E-state index in [4.69, 9.17) is 5.10 Å². The number of nitriles is 2. The fraction of sp³-hybridized carbons (Fsp3) is 0.345. The summed E-state index contributed by atoms with van der Waals surface area (Å²) in [4.78, 5) is 16.3. The number of amides is 1. The average molecular weight is 524 g/mol. The molecule has 192 valence electrons. The van der Waals surface area contributed by atoms with Crippen molar-refractivity contribution in [3.63, 3.8) is 0 Å². The Kier molecular flexibility index (Phi) is 6.73. The summed E-state index contributed by atoms with van der Waals surface area (Å²) in [6, 6.07) is 14.2. The number of hydrogen-bond donors (Lipinski definition) is 0. The van der Waals surface area contributed by atoms with Crippen LogP contribution in [0, 0.1) is 35.0 Å². The highest BCUT2D eigenvalue weighted by molar-refractivity contribution is 7.99. The fourth-order valence-corrected chi connectivity index (χ4v) is 6.11. The Morgan fingerprint density at radius 1 is 1.03 bits per heavy atom. The quantitative estimate of drug-likeness (QED) is 0.344. The number of rotatable bonds is 4. The second kappa shape index (κ2) is 10.00. The van der Waals surface area contributed by atoms with E-state index >= 15 is 0 Å². The molecule has 1 aliphatic rings. The Bertz CT molecular complexity index is 1600. The van der Waals surface area contributed by atoms with Crippen molar-refractivity contribution in [1.82, 2.24) is 24.3 Å². The minimum absolute atomic E-state index is 0.195. The summed E-state index contributed by atoms with van der Waals surface area (Å²) >= 11 is 1.46. The average Bonchev–Trinajstić information content (AvgIpc) is 3.51. The normalized spacial score (nSPS) is 14.4. The van der Waals surface area contributed by atoms with Gasteiger partial charge in [0.2, 0.25) is 5.91 Å². The van der Waals surface area contributed by atoms with Gasteiger partial charge in [-0.3, -0.25) is 9.48 Å². The standard InChI is InChI=1S/C29H29N7OS/c1-19-24(17-33-36(19)23-9-11-34(12-10-23)28(37)29(2,3)4)21-13-26(27-22(15-31)16-32-35(27)18-21)38-25-8-6-5-7-20(25)14-30/h5-8,13,16-18,23H,9-12H2,1-4H3. The molecule has 0 bridgehead atoms. The lowest BCUT2D eigenvalue weighted by Gasteiger charge is -2.36. The molecule has 9 heteroatoms. The predicted molar refractivity (Wildman–Crippen MR) is 145 cm³/mol. The Balaban J connectivity index is 1.48. The molecular formula is C29H29N7OS. The lowest BCUT2D eigenvalue weighted by molar-refractivity contribution is -0.140. The van der Waals surface area contributed by atoms with Crippen LogP contribution in [-0.4, -0.2) is 43.3 Å². The van der Waals surface area contributed by atoms with Crippen LogP contribution < -0.4 is 0 Å². The predicted octanol–water partition coefficient (Wildman–Crippen LogP) is 5.61. The van der Waals surface area contributed by atoms with Crippen LogP contribution in [0.1, 0.15) is 56.5 Å². The highest BCUT2D eigenvalue weighted by Gasteiger charge is 2.31. The first-order chi connectivity index (χ1) is 18.2. The van der Waals surface area contributed by atoms with Crippen LogP contribution in [-0.2, 0) is 4.79 Å². The van der Waals surface area contributed by atoms with E-state index in [-0.39, 0.29) is 17.4 Å². The van der Waals surface area contributed by atoms with E-state index in [0.29, 0.717) is 11.1 Å². The second-order valence-electron chi connectivity index (χ2n) is 10.6. The van der Waals surface area contributed by atoms with Crippen molar-refractivity contribution >= 4 is 23.2 Å². The molecule has 0 N–H and O–H groups in total. The van der Waals surface area contributed by atoms with Crippen molar-refractivity contribution in [3.05, 3.63) is 65.7 Å². The zero-order valence-electron chi connectivity index (χ0n) is 22.0. The molecule has 5 rings (SSSR count). The Morgan fingerprint density at radius 2 is 1.74 bits per heavy atom. The summed E-state index contributed by atoms with van der Waals surface area (Å²) in [5, 5.41) is 28.5. The van der Waals surface area contributed by atoms with Gasteiger partial charge >= 0.3 is 0 Å². The highest BCUT2D eigenvalue weighted by Crippen LogP contribution is 2.38. The lowest BCUT2D eigenvalue weighted by atomic mass is 9.93. The topological polar surface area (TPSA) is 103 Å². The summed E-state index contributed by atoms with van der Waals surface area (Å²) < 4.78 is 3.82. The smallest absolute Gasteiger partial charge is 0.227 e. The molecule has 0 atom stereocenters. The SMILES string of the molecule is Cc1c(-c2cc(Sc3ccccc3C#N)c3c(C#N)cnn3c2)cnn1C1CCN(C(=O)C(C)(C)C)CC1. The van der Waals surface area contributed by atoms with Gasteiger partial charge in [-0.1, -0.05) is 44.7 Å². The van der Waals surface area contributed by atoms with Crippen molar-refractivity contribution in [2.75, 3.05) is 13.1 Å². The number of likely N-dealkylation sites (tertiary alicyclic amines) is 1. The third-order valence-electron chi connectivity index (χ3n) is 7.02. The van der Waals surface area contributed by atoms with Gasteiger partial charge in [0.1, 0.15) is 12.1 Å². The number of pyridine rings is 1. The number of aromatic nitrogens is 4. The molecule has 0 radical (unpaired) electrons. The number of nitrogens with zero attached hydrogens (tertiary/aromatic N) is 7. The third-order valence-corrected chi connectivity index (χ3v) is 8.13. The summed E-state index contributed by atoms with van der Waals surface area (Å²) in [5.74, 6) is 0.195. The molecule has 0 spiro atoms. The van der Waals surface area contributed by atoms with Crippen molar-refractivity contribution in [1.29, 1.82) is 10.5 Å². The molecule has 1 amide bonds. The molecule has 1 aliphatic heterocycles. The Morgan fingerprint density at radius 3 is 2.42 bits per heavy atom. The summed E-state index contributed by atoms with van der Waals surface area (Å²) in [6.07, 6.45) is 7.10. The van der Waals surface area contributed by atoms with Gasteiger partial charge in [0.15, 0.2) is 0 Å². The van der Waals surface area contributed by atoms with Gasteiger partial charge in [-0.2, -0.15) is 20.7 Å². The number of benzene rings is 1. The molecule has 0 unspecified atom stereocenters. The molecule has 4 heterocycles. The molecular weight excluding hydrogens is 494 g/mol. The van der Waals surface area contributed by atoms with Gasteiger partial charge in [-0.25, -0.2) is 4.52 Å². The van der Waals surface area contributed by atoms with E-state index < -0.39 is 0 Å². The van der Waals surface area contributed by atoms with Gasteiger partial charge < -0.3 is 4.90 Å². The van der Waals surface area contributed by atoms with Crippen molar-refractivity contribution in [2.24, 2.45) is 5.41 Å². The zero-order chi connectivity index (χ0) is 27.0. The second-order valence-corrected chi connectivity index (χ2v) is 11.7. The molecule has 4 aromatic rings. The van der Waals surface area contributed by atoms with E-state index in [0.717, 1.165) is 58.1 Å². The van der Waals surface area contributed by atoms with Crippen LogP contribution in [0.4, 0.5) is 0 Å². The van der Waals surface area contributed by atoms with Crippen molar-refractivity contribution in [2.45, 2.75) is 56.4 Å². The van der Waals surface area contributed by atoms with E-state index in [1.807, 2.05) is 56.3 Å². The molecule has 1 aromatic carbocycles. The summed E-state index contributed by atoms with van der Waals surface area (Å²) in [6.45, 7) is 9.42. The Hall–Kier alpha value is -4.08. The number of fused-ring (bicyclic) bond motifs is 1. The largest absolute Gasteiger partial charge is 0.342 e. The molecule has 0 aliphatic carbocycles. The van der Waals surface area contributed by atoms with Crippen molar-refractivity contribution in [3.8, 4) is 23.3 Å². The molecule has 1 fully saturated rings. The minimum Gasteiger partial charge on any atom is -0.342 e. The molecule has 1 saturated heterocycles. The highest BCUT2D eigenvalue weighted by atomic mass is 32.2. The third kappa shape index (κ3) is 4.66. The first kappa shape index (κ1) is 25.6. The maximum atomic E-state index is 12.7. The fourth-order valence-electron chi connectivity index (χ4n) is 5.02. The van der Waals surface area contributed by atoms with Gasteiger partial charge in [0.25, 0.3) is 0 Å². The molecule has 8 nitrogen and oxygen atoms in total. The molecule has 0 saturated carbocycles. The van der Waals surface area contributed by atoms with Crippen LogP contribution in [0.25, 0.3) is 16.6 Å². The summed E-state index contributed by atoms with van der Waals surface area (Å²) in [5.41, 5.74) is 4.38. The number of carbonyl (C=O) groups excluding carboxylic acids is 1. The van der Waals surface area contributed by atoms with Crippen LogP contribution in [0.15, 0.2) is 58.7 Å². The molecule has 3 aromatic heterocycles. The lowest BCUT2D eigenvalue weighted by Crippen LogP contribution is -2.44. The number of carbonyl (C=O) groups is 1. The maximum Gasteiger partial charge on any atom is 0.227 e. The van der Waals surface area contributed by atoms with Gasteiger partial charge in [-0.05, 0) is 38.0 Å². The first-order valence-corrected chi connectivity index (χ1v) is 13.4. The van der Waals surface area contributed by atoms with Gasteiger partial charge in [0, 0.05) is 51.3 Å². The first-order valence-electron chi connectivity index (χ1n) is 12.6. The van der Waals surface area contributed by atoms with E-state index in [9.17, 15) is 15.3 Å². The monoisotopic (exact) mass is 523 g/mol. The van der Waals surface area contributed by atoms with Gasteiger partial charge in [0.05, 0.1) is 35.1 Å². The van der Waals surface area contributed by atoms with Crippen molar-refractivity contribution < 1.29 is 4.79 Å². The molecule has 38 heavy (non-hydrogen) atoms. The van der Waals surface area contributed by atoms with E-state index in [2.05, 4.69) is 34.9 Å². The van der Waals surface area contributed by atoms with E-state index in [1.165, 1.54) is 11.8 Å². The van der Waals surface area contributed by atoms with Gasteiger partial charge in [-0.15, -0.1) is 0 Å². The maximum absolute atomic E-state index is 12.7. The van der Waals surface area contributed by atoms with Crippen LogP contribution in [0.5, 0.6) is 0 Å². The van der Waals surface area contributed by atoms with Crippen LogP contribution in [0.2, 0.25) is 0 Å². The van der Waals surface area contributed by atoms with Crippen LogP contribution >= 0.6 is 11.8 Å². The Labute approximate surface area is 226 Å². The zero-order valence-corrected chi connectivity index (χ0v) is 22.8. The van der Waals surface area contributed by atoms with Crippen LogP contribution in [0.3, 0.4) is 0 Å². The minimum atomic E-state index is -0.373. The number of piperidine rings is 1.